The van der Waals surface area contributed by atoms with Crippen LogP contribution < -0.4 is 10.6 Å². The van der Waals surface area contributed by atoms with Crippen molar-refractivity contribution in [3.05, 3.63) is 33.3 Å². The molecule has 1 heterocycles. The monoisotopic (exact) mass is 352 g/mol. The van der Waals surface area contributed by atoms with Crippen LogP contribution >= 0.6 is 15.9 Å². The number of rotatable bonds is 5. The lowest BCUT2D eigenvalue weighted by Crippen LogP contribution is -2.29. The molecule has 1 aliphatic heterocycles. The summed E-state index contributed by atoms with van der Waals surface area (Å²) in [7, 11) is 0. The van der Waals surface area contributed by atoms with Crippen LogP contribution in [0.2, 0.25) is 0 Å². The van der Waals surface area contributed by atoms with Gasteiger partial charge in [-0.15, -0.1) is 0 Å². The summed E-state index contributed by atoms with van der Waals surface area (Å²) in [6, 6.07) is 4.20. The van der Waals surface area contributed by atoms with Gasteiger partial charge in [-0.3, -0.25) is 4.79 Å². The first-order valence-corrected chi connectivity index (χ1v) is 8.58. The molecule has 2 rings (SSSR count). The molecule has 3 nitrogen and oxygen atoms in total. The average Bonchev–Trinajstić information content (AvgIpc) is 2.45. The van der Waals surface area contributed by atoms with Gasteiger partial charge >= 0.3 is 0 Å². The molecule has 0 spiro atoms. The molecule has 21 heavy (non-hydrogen) atoms. The number of halogens is 1. The van der Waals surface area contributed by atoms with E-state index in [0.29, 0.717) is 18.9 Å². The Bertz CT molecular complexity index is 473. The molecular formula is C17H25BrN2O. The molecule has 0 radical (unpaired) electrons. The fourth-order valence-electron chi connectivity index (χ4n) is 3.00. The molecule has 0 bridgehead atoms. The van der Waals surface area contributed by atoms with Crippen LogP contribution in [0, 0.1) is 19.8 Å². The molecule has 1 saturated heterocycles. The summed E-state index contributed by atoms with van der Waals surface area (Å²) in [6.45, 7) is 7.02. The second-order valence-corrected chi connectivity index (χ2v) is 6.94. The summed E-state index contributed by atoms with van der Waals surface area (Å²) >= 11 is 3.50. The van der Waals surface area contributed by atoms with Crippen molar-refractivity contribution in [3.63, 3.8) is 0 Å². The molecule has 0 aromatic heterocycles. The van der Waals surface area contributed by atoms with E-state index in [1.165, 1.54) is 29.5 Å². The molecule has 116 valence electrons. The molecule has 1 aromatic carbocycles. The van der Waals surface area contributed by atoms with Crippen molar-refractivity contribution >= 4 is 21.8 Å². The zero-order valence-corrected chi connectivity index (χ0v) is 14.6. The Balaban J connectivity index is 1.78. The summed E-state index contributed by atoms with van der Waals surface area (Å²) in [4.78, 5) is 12.0. The van der Waals surface area contributed by atoms with Crippen LogP contribution in [0.5, 0.6) is 0 Å². The van der Waals surface area contributed by atoms with Crippen molar-refractivity contribution < 1.29 is 4.79 Å². The number of carbonyl (C=O) groups is 1. The van der Waals surface area contributed by atoms with Gasteiger partial charge in [-0.05, 0) is 80.9 Å². The van der Waals surface area contributed by atoms with E-state index in [9.17, 15) is 4.79 Å². The third kappa shape index (κ3) is 5.11. The summed E-state index contributed by atoms with van der Waals surface area (Å²) in [5.41, 5.74) is 3.68. The Kier molecular flexibility index (Phi) is 6.24. The van der Waals surface area contributed by atoms with Crippen LogP contribution in [0.1, 0.15) is 42.4 Å². The quantitative estimate of drug-likeness (QED) is 0.851. The molecule has 1 fully saturated rings. The van der Waals surface area contributed by atoms with Gasteiger partial charge in [-0.25, -0.2) is 0 Å². The first kappa shape index (κ1) is 16.5. The lowest BCUT2D eigenvalue weighted by molar-refractivity contribution is -0.121. The van der Waals surface area contributed by atoms with Crippen LogP contribution in [0.25, 0.3) is 0 Å². The number of piperidine rings is 1. The van der Waals surface area contributed by atoms with Gasteiger partial charge in [0.2, 0.25) is 5.91 Å². The van der Waals surface area contributed by atoms with E-state index in [0.717, 1.165) is 24.0 Å². The van der Waals surface area contributed by atoms with Crippen molar-refractivity contribution in [2.75, 3.05) is 13.1 Å². The fraction of sp³-hybridized carbons (Fsp3) is 0.588. The maximum absolute atomic E-state index is 12.0. The van der Waals surface area contributed by atoms with Gasteiger partial charge in [0.15, 0.2) is 0 Å². The Morgan fingerprint density at radius 3 is 2.52 bits per heavy atom. The minimum atomic E-state index is 0.176. The fourth-order valence-corrected chi connectivity index (χ4v) is 3.69. The summed E-state index contributed by atoms with van der Waals surface area (Å²) < 4.78 is 1.10. The Labute approximate surface area is 136 Å². The number of hydrogen-bond donors (Lipinski definition) is 2. The van der Waals surface area contributed by atoms with E-state index in [-0.39, 0.29) is 5.91 Å². The van der Waals surface area contributed by atoms with Crippen molar-refractivity contribution in [2.24, 2.45) is 5.92 Å². The van der Waals surface area contributed by atoms with Crippen LogP contribution in [-0.2, 0) is 11.3 Å². The second kappa shape index (κ2) is 7.95. The molecule has 1 aromatic rings. The molecule has 1 aliphatic rings. The van der Waals surface area contributed by atoms with Crippen LogP contribution in [0.3, 0.4) is 0 Å². The highest BCUT2D eigenvalue weighted by atomic mass is 79.9. The number of aryl methyl sites for hydroxylation is 2. The topological polar surface area (TPSA) is 41.1 Å². The average molecular weight is 353 g/mol. The van der Waals surface area contributed by atoms with E-state index in [1.807, 2.05) is 0 Å². The van der Waals surface area contributed by atoms with Crippen molar-refractivity contribution in [2.45, 2.75) is 46.1 Å². The van der Waals surface area contributed by atoms with Gasteiger partial charge in [-0.1, -0.05) is 15.9 Å². The number of amides is 1. The third-order valence-electron chi connectivity index (χ3n) is 4.36. The van der Waals surface area contributed by atoms with Crippen LogP contribution in [0.4, 0.5) is 0 Å². The highest BCUT2D eigenvalue weighted by Gasteiger charge is 2.14. The zero-order valence-electron chi connectivity index (χ0n) is 13.0. The number of nitrogens with one attached hydrogen (secondary N) is 2. The third-order valence-corrected chi connectivity index (χ3v) is 4.82. The van der Waals surface area contributed by atoms with Crippen molar-refractivity contribution in [3.8, 4) is 0 Å². The molecule has 0 atom stereocenters. The molecule has 0 unspecified atom stereocenters. The smallest absolute Gasteiger partial charge is 0.220 e. The van der Waals surface area contributed by atoms with E-state index >= 15 is 0 Å². The van der Waals surface area contributed by atoms with Gasteiger partial charge in [0, 0.05) is 17.4 Å². The standard InChI is InChI=1S/C17H25BrN2O/c1-12-9-15(18)10-13(2)16(12)11-20-17(21)4-3-14-5-7-19-8-6-14/h9-10,14,19H,3-8,11H2,1-2H3,(H,20,21). The summed E-state index contributed by atoms with van der Waals surface area (Å²) in [6.07, 6.45) is 4.08. The predicted molar refractivity (Wildman–Crippen MR) is 90.3 cm³/mol. The number of hydrogen-bond acceptors (Lipinski definition) is 2. The Morgan fingerprint density at radius 1 is 1.29 bits per heavy atom. The lowest BCUT2D eigenvalue weighted by atomic mass is 9.93. The largest absolute Gasteiger partial charge is 0.352 e. The summed E-state index contributed by atoms with van der Waals surface area (Å²) in [5.74, 6) is 0.892. The van der Waals surface area contributed by atoms with Gasteiger partial charge in [-0.2, -0.15) is 0 Å². The molecule has 1 amide bonds. The Morgan fingerprint density at radius 2 is 1.90 bits per heavy atom. The highest BCUT2D eigenvalue weighted by Crippen LogP contribution is 2.21. The predicted octanol–water partition coefficient (Wildman–Crippen LogP) is 3.46. The maximum Gasteiger partial charge on any atom is 0.220 e. The van der Waals surface area contributed by atoms with Gasteiger partial charge in [0.1, 0.15) is 0 Å². The molecule has 0 aliphatic carbocycles. The summed E-state index contributed by atoms with van der Waals surface area (Å²) in [5, 5.41) is 6.43. The first-order chi connectivity index (χ1) is 10.1. The van der Waals surface area contributed by atoms with E-state index in [2.05, 4.69) is 52.5 Å². The maximum atomic E-state index is 12.0. The minimum absolute atomic E-state index is 0.176. The molecular weight excluding hydrogens is 328 g/mol. The second-order valence-electron chi connectivity index (χ2n) is 6.03. The lowest BCUT2D eigenvalue weighted by Gasteiger charge is -2.22. The molecule has 0 saturated carbocycles. The number of carbonyl (C=O) groups excluding carboxylic acids is 1. The van der Waals surface area contributed by atoms with Gasteiger partial charge in [0.05, 0.1) is 0 Å². The Hall–Kier alpha value is -0.870. The van der Waals surface area contributed by atoms with Crippen LogP contribution in [0.15, 0.2) is 16.6 Å². The van der Waals surface area contributed by atoms with E-state index < -0.39 is 0 Å². The minimum Gasteiger partial charge on any atom is -0.352 e. The van der Waals surface area contributed by atoms with Gasteiger partial charge < -0.3 is 10.6 Å². The van der Waals surface area contributed by atoms with E-state index in [1.54, 1.807) is 0 Å². The zero-order chi connectivity index (χ0) is 15.2. The van der Waals surface area contributed by atoms with Crippen molar-refractivity contribution in [1.29, 1.82) is 0 Å². The number of benzene rings is 1. The molecule has 2 N–H and O–H groups in total. The normalized spacial score (nSPS) is 16.0. The van der Waals surface area contributed by atoms with Crippen molar-refractivity contribution in [1.82, 2.24) is 10.6 Å². The molecule has 4 heteroatoms. The highest BCUT2D eigenvalue weighted by molar-refractivity contribution is 9.10. The SMILES string of the molecule is Cc1cc(Br)cc(C)c1CNC(=O)CCC1CCNCC1. The van der Waals surface area contributed by atoms with Crippen LogP contribution in [-0.4, -0.2) is 19.0 Å². The van der Waals surface area contributed by atoms with E-state index in [4.69, 9.17) is 0 Å². The van der Waals surface area contributed by atoms with Gasteiger partial charge in [0.25, 0.3) is 0 Å². The first-order valence-electron chi connectivity index (χ1n) is 7.79.